The standard InChI is InChI=1S/C21H29N3O5/c1-14(25)24-10-8-16(9-11-24)29-19-6-5-17(28-3)12-18(19)21(27)22-15-4-7-20(26)23(2)13-15/h5-6,12,15-16H,4,7-11,13H2,1-3H3,(H,22,27)/t15-/m0/s1. The lowest BCUT2D eigenvalue weighted by Gasteiger charge is -2.32. The highest BCUT2D eigenvalue weighted by Gasteiger charge is 2.27. The van der Waals surface area contributed by atoms with Gasteiger partial charge in [-0.3, -0.25) is 14.4 Å². The summed E-state index contributed by atoms with van der Waals surface area (Å²) >= 11 is 0. The van der Waals surface area contributed by atoms with E-state index in [0.717, 1.165) is 12.8 Å². The summed E-state index contributed by atoms with van der Waals surface area (Å²) in [6, 6.07) is 5.10. The van der Waals surface area contributed by atoms with Gasteiger partial charge in [-0.05, 0) is 24.6 Å². The Labute approximate surface area is 171 Å². The Morgan fingerprint density at radius 2 is 1.90 bits per heavy atom. The fraction of sp³-hybridized carbons (Fsp3) is 0.571. The van der Waals surface area contributed by atoms with Crippen molar-refractivity contribution in [1.29, 1.82) is 0 Å². The van der Waals surface area contributed by atoms with Crippen molar-refractivity contribution in [2.45, 2.75) is 44.8 Å². The van der Waals surface area contributed by atoms with Crippen LogP contribution >= 0.6 is 0 Å². The Morgan fingerprint density at radius 1 is 1.17 bits per heavy atom. The third-order valence-corrected chi connectivity index (χ3v) is 5.57. The van der Waals surface area contributed by atoms with Crippen LogP contribution in [0.3, 0.4) is 0 Å². The van der Waals surface area contributed by atoms with E-state index in [1.54, 1.807) is 44.2 Å². The number of carbonyl (C=O) groups excluding carboxylic acids is 3. The smallest absolute Gasteiger partial charge is 0.255 e. The summed E-state index contributed by atoms with van der Waals surface area (Å²) < 4.78 is 11.4. The molecule has 0 spiro atoms. The van der Waals surface area contributed by atoms with Crippen LogP contribution in [0.15, 0.2) is 18.2 Å². The number of likely N-dealkylation sites (N-methyl/N-ethyl adjacent to an activating group) is 1. The predicted molar refractivity (Wildman–Crippen MR) is 107 cm³/mol. The number of ether oxygens (including phenoxy) is 2. The molecule has 2 aliphatic heterocycles. The zero-order chi connectivity index (χ0) is 21.0. The largest absolute Gasteiger partial charge is 0.497 e. The maximum Gasteiger partial charge on any atom is 0.255 e. The minimum Gasteiger partial charge on any atom is -0.497 e. The molecule has 1 N–H and O–H groups in total. The normalized spacial score (nSPS) is 20.4. The van der Waals surface area contributed by atoms with Crippen LogP contribution in [0.4, 0.5) is 0 Å². The molecule has 0 bridgehead atoms. The van der Waals surface area contributed by atoms with Crippen molar-refractivity contribution < 1.29 is 23.9 Å². The SMILES string of the molecule is COc1ccc(OC2CCN(C(C)=O)CC2)c(C(=O)N[C@H]2CCC(=O)N(C)C2)c1. The zero-order valence-corrected chi connectivity index (χ0v) is 17.3. The number of rotatable bonds is 5. The summed E-state index contributed by atoms with van der Waals surface area (Å²) in [5.41, 5.74) is 0.415. The Morgan fingerprint density at radius 3 is 2.52 bits per heavy atom. The van der Waals surface area contributed by atoms with E-state index >= 15 is 0 Å². The van der Waals surface area contributed by atoms with Gasteiger partial charge in [-0.25, -0.2) is 0 Å². The molecule has 29 heavy (non-hydrogen) atoms. The van der Waals surface area contributed by atoms with E-state index in [9.17, 15) is 14.4 Å². The first-order valence-electron chi connectivity index (χ1n) is 10.0. The highest BCUT2D eigenvalue weighted by Crippen LogP contribution is 2.27. The zero-order valence-electron chi connectivity index (χ0n) is 17.3. The molecule has 3 amide bonds. The van der Waals surface area contributed by atoms with Crippen LogP contribution in [-0.4, -0.2) is 73.5 Å². The molecule has 3 rings (SSSR count). The van der Waals surface area contributed by atoms with Gasteiger partial charge in [0.25, 0.3) is 5.91 Å². The van der Waals surface area contributed by atoms with Gasteiger partial charge in [-0.15, -0.1) is 0 Å². The molecule has 0 saturated carbocycles. The van der Waals surface area contributed by atoms with Crippen LogP contribution in [0.2, 0.25) is 0 Å². The first kappa shape index (κ1) is 21.0. The number of hydrogen-bond donors (Lipinski definition) is 1. The second kappa shape index (κ2) is 9.15. The summed E-state index contributed by atoms with van der Waals surface area (Å²) in [7, 11) is 3.30. The molecule has 2 aliphatic rings. The molecular weight excluding hydrogens is 374 g/mol. The Kier molecular flexibility index (Phi) is 6.61. The van der Waals surface area contributed by atoms with E-state index in [1.807, 2.05) is 4.90 Å². The maximum atomic E-state index is 13.0. The fourth-order valence-electron chi connectivity index (χ4n) is 3.78. The summed E-state index contributed by atoms with van der Waals surface area (Å²) in [6.07, 6.45) is 2.45. The molecule has 2 heterocycles. The van der Waals surface area contributed by atoms with Gasteiger partial charge >= 0.3 is 0 Å². The molecule has 1 aromatic carbocycles. The Balaban J connectivity index is 1.69. The van der Waals surface area contributed by atoms with Crippen molar-refractivity contribution >= 4 is 17.7 Å². The summed E-state index contributed by atoms with van der Waals surface area (Å²) in [4.78, 5) is 39.6. The van der Waals surface area contributed by atoms with Gasteiger partial charge < -0.3 is 24.6 Å². The van der Waals surface area contributed by atoms with Gasteiger partial charge in [0.2, 0.25) is 11.8 Å². The van der Waals surface area contributed by atoms with Gasteiger partial charge in [-0.2, -0.15) is 0 Å². The first-order valence-corrected chi connectivity index (χ1v) is 10.0. The number of amides is 3. The van der Waals surface area contributed by atoms with E-state index in [4.69, 9.17) is 9.47 Å². The number of benzene rings is 1. The second-order valence-electron chi connectivity index (χ2n) is 7.67. The summed E-state index contributed by atoms with van der Waals surface area (Å²) in [6.45, 7) is 3.37. The van der Waals surface area contributed by atoms with Gasteiger partial charge in [0, 0.05) is 58.9 Å². The molecule has 2 saturated heterocycles. The van der Waals surface area contributed by atoms with Crippen LogP contribution in [0.5, 0.6) is 11.5 Å². The van der Waals surface area contributed by atoms with Crippen LogP contribution in [0.25, 0.3) is 0 Å². The highest BCUT2D eigenvalue weighted by molar-refractivity contribution is 5.97. The number of nitrogens with one attached hydrogen (secondary N) is 1. The van der Waals surface area contributed by atoms with Crippen molar-refractivity contribution in [2.24, 2.45) is 0 Å². The van der Waals surface area contributed by atoms with Crippen molar-refractivity contribution in [1.82, 2.24) is 15.1 Å². The Bertz CT molecular complexity index is 774. The van der Waals surface area contributed by atoms with E-state index in [2.05, 4.69) is 5.32 Å². The molecule has 0 unspecified atom stereocenters. The average Bonchev–Trinajstić information content (AvgIpc) is 2.71. The molecule has 2 fully saturated rings. The maximum absolute atomic E-state index is 13.0. The van der Waals surface area contributed by atoms with Gasteiger partial charge in [0.05, 0.1) is 12.7 Å². The van der Waals surface area contributed by atoms with E-state index in [0.29, 0.717) is 49.5 Å². The minimum atomic E-state index is -0.243. The van der Waals surface area contributed by atoms with Gasteiger partial charge in [0.1, 0.15) is 17.6 Å². The molecular formula is C21H29N3O5. The van der Waals surface area contributed by atoms with Crippen LogP contribution < -0.4 is 14.8 Å². The third-order valence-electron chi connectivity index (χ3n) is 5.57. The average molecular weight is 403 g/mol. The second-order valence-corrected chi connectivity index (χ2v) is 7.67. The summed E-state index contributed by atoms with van der Waals surface area (Å²) in [5.74, 6) is 1.00. The number of nitrogens with zero attached hydrogens (tertiary/aromatic N) is 2. The monoisotopic (exact) mass is 403 g/mol. The Hall–Kier alpha value is -2.77. The fourth-order valence-corrected chi connectivity index (χ4v) is 3.78. The van der Waals surface area contributed by atoms with Crippen LogP contribution in [0, 0.1) is 0 Å². The number of methoxy groups -OCH3 is 1. The lowest BCUT2D eigenvalue weighted by atomic mass is 10.0. The van der Waals surface area contributed by atoms with Crippen LogP contribution in [0.1, 0.15) is 43.0 Å². The molecule has 1 atom stereocenters. The number of likely N-dealkylation sites (tertiary alicyclic amines) is 2. The van der Waals surface area contributed by atoms with Crippen LogP contribution in [-0.2, 0) is 9.59 Å². The first-order chi connectivity index (χ1) is 13.9. The molecule has 1 aromatic rings. The van der Waals surface area contributed by atoms with Crippen molar-refractivity contribution in [2.75, 3.05) is 33.8 Å². The van der Waals surface area contributed by atoms with Crippen molar-refractivity contribution in [3.63, 3.8) is 0 Å². The lowest BCUT2D eigenvalue weighted by Crippen LogP contribution is -2.48. The van der Waals surface area contributed by atoms with Crippen molar-refractivity contribution in [3.05, 3.63) is 23.8 Å². The summed E-state index contributed by atoms with van der Waals surface area (Å²) in [5, 5.41) is 3.02. The minimum absolute atomic E-state index is 0.0519. The molecule has 0 aliphatic carbocycles. The molecule has 8 heteroatoms. The van der Waals surface area contributed by atoms with Crippen molar-refractivity contribution in [3.8, 4) is 11.5 Å². The lowest BCUT2D eigenvalue weighted by molar-refractivity contribution is -0.132. The quantitative estimate of drug-likeness (QED) is 0.804. The predicted octanol–water partition coefficient (Wildman–Crippen LogP) is 1.44. The molecule has 0 aromatic heterocycles. The van der Waals surface area contributed by atoms with E-state index < -0.39 is 0 Å². The van der Waals surface area contributed by atoms with Gasteiger partial charge in [-0.1, -0.05) is 0 Å². The topological polar surface area (TPSA) is 88.2 Å². The third kappa shape index (κ3) is 5.19. The van der Waals surface area contributed by atoms with E-state index in [-0.39, 0.29) is 29.9 Å². The number of hydrogen-bond acceptors (Lipinski definition) is 5. The number of carbonyl (C=O) groups is 3. The molecule has 158 valence electrons. The highest BCUT2D eigenvalue weighted by atomic mass is 16.5. The van der Waals surface area contributed by atoms with Gasteiger partial charge in [0.15, 0.2) is 0 Å². The number of piperidine rings is 2. The van der Waals surface area contributed by atoms with E-state index in [1.165, 1.54) is 0 Å². The molecule has 8 nitrogen and oxygen atoms in total. The molecule has 0 radical (unpaired) electrons.